The maximum absolute atomic E-state index is 13.8. The minimum absolute atomic E-state index is 0.0125. The van der Waals surface area contributed by atoms with Gasteiger partial charge in [0.05, 0.1) is 17.7 Å². The Morgan fingerprint density at radius 1 is 1.06 bits per heavy atom. The number of carbonyl (C=O) groups excluding carboxylic acids is 2. The van der Waals surface area contributed by atoms with E-state index in [0.29, 0.717) is 11.1 Å². The normalized spacial score (nSPS) is 12.1. The van der Waals surface area contributed by atoms with E-state index < -0.39 is 64.7 Å². The van der Waals surface area contributed by atoms with Gasteiger partial charge in [0.25, 0.3) is 0 Å². The molecule has 0 saturated carbocycles. The Morgan fingerprint density at radius 2 is 1.67 bits per heavy atom. The molecule has 0 radical (unpaired) electrons. The van der Waals surface area contributed by atoms with Gasteiger partial charge in [-0.15, -0.1) is 0 Å². The van der Waals surface area contributed by atoms with Gasteiger partial charge in [0.1, 0.15) is 5.82 Å². The summed E-state index contributed by atoms with van der Waals surface area (Å²) in [6.07, 6.45) is -10.8. The number of hydrogen-bond donors (Lipinski definition) is 3. The second kappa shape index (κ2) is 11.1. The zero-order chi connectivity index (χ0) is 27.3. The predicted molar refractivity (Wildman–Crippen MR) is 116 cm³/mol. The predicted octanol–water partition coefficient (Wildman–Crippen LogP) is 4.82. The van der Waals surface area contributed by atoms with Gasteiger partial charge in [0.2, 0.25) is 5.91 Å². The average molecular weight is 520 g/mol. The molecule has 14 heteroatoms. The molecule has 2 rings (SSSR count). The van der Waals surface area contributed by atoms with E-state index in [9.17, 15) is 40.3 Å². The van der Waals surface area contributed by atoms with E-state index in [1.165, 1.54) is 7.05 Å². The van der Waals surface area contributed by atoms with Crippen LogP contribution in [-0.4, -0.2) is 38.9 Å². The quantitative estimate of drug-likeness (QED) is 0.360. The van der Waals surface area contributed by atoms with Crippen LogP contribution in [0.25, 0.3) is 5.57 Å². The highest BCUT2D eigenvalue weighted by atomic mass is 19.4. The van der Waals surface area contributed by atoms with Gasteiger partial charge in [-0.2, -0.15) is 26.3 Å². The van der Waals surface area contributed by atoms with E-state index in [0.717, 1.165) is 37.5 Å². The number of likely N-dealkylation sites (N-methyl/N-ethyl adjacent to an activating group) is 1. The first kappa shape index (κ1) is 28.1. The Kier molecular flexibility index (Phi) is 8.67. The zero-order valence-electron chi connectivity index (χ0n) is 18.6. The van der Waals surface area contributed by atoms with Crippen molar-refractivity contribution in [3.63, 3.8) is 0 Å². The summed E-state index contributed by atoms with van der Waals surface area (Å²) in [5, 5.41) is 12.1. The van der Waals surface area contributed by atoms with Gasteiger partial charge in [0, 0.05) is 43.3 Å². The molecule has 2 aromatic carbocycles. The van der Waals surface area contributed by atoms with Crippen LogP contribution in [0.2, 0.25) is 0 Å². The molecule has 0 aliphatic carbocycles. The van der Waals surface area contributed by atoms with Crippen molar-refractivity contribution in [1.29, 1.82) is 5.41 Å². The summed E-state index contributed by atoms with van der Waals surface area (Å²) in [4.78, 5) is 24.7. The maximum Gasteiger partial charge on any atom is 0.420 e. The minimum atomic E-state index is -5.40. The van der Waals surface area contributed by atoms with Crippen LogP contribution >= 0.6 is 0 Å². The molecule has 3 N–H and O–H groups in total. The number of ether oxygens (including phenoxy) is 1. The van der Waals surface area contributed by atoms with Crippen molar-refractivity contribution in [3.05, 3.63) is 65.1 Å². The molecule has 2 amide bonds. The number of nitrogens with one attached hydrogen (secondary N) is 3. The molecule has 0 heterocycles. The number of halogens is 7. The lowest BCUT2D eigenvalue weighted by molar-refractivity contribution is -0.143. The fourth-order valence-corrected chi connectivity index (χ4v) is 2.79. The van der Waals surface area contributed by atoms with Crippen LogP contribution in [0.1, 0.15) is 16.7 Å². The lowest BCUT2D eigenvalue weighted by Gasteiger charge is -2.22. The third kappa shape index (κ3) is 6.96. The number of amides is 2. The van der Waals surface area contributed by atoms with Gasteiger partial charge >= 0.3 is 18.4 Å². The third-order valence-electron chi connectivity index (χ3n) is 4.66. The number of allylic oxidation sites excluding steroid dienone is 1. The number of anilines is 1. The molecule has 0 aliphatic heterocycles. The smallest absolute Gasteiger partial charge is 0.409 e. The fourth-order valence-electron chi connectivity index (χ4n) is 2.79. The van der Waals surface area contributed by atoms with Crippen LogP contribution in [0.15, 0.2) is 42.6 Å². The van der Waals surface area contributed by atoms with Gasteiger partial charge in [-0.3, -0.25) is 9.69 Å². The molecule has 7 nitrogen and oxygen atoms in total. The van der Waals surface area contributed by atoms with Gasteiger partial charge in [0.15, 0.2) is 5.75 Å². The molecule has 0 unspecified atom stereocenters. The van der Waals surface area contributed by atoms with E-state index in [1.54, 1.807) is 0 Å². The molecule has 36 heavy (non-hydrogen) atoms. The van der Waals surface area contributed by atoms with Crippen LogP contribution in [0.4, 0.5) is 41.2 Å². The molecule has 0 spiro atoms. The largest absolute Gasteiger partial charge is 0.420 e. The molecular weight excluding hydrogens is 501 g/mol. The van der Waals surface area contributed by atoms with Crippen molar-refractivity contribution in [2.75, 3.05) is 25.5 Å². The van der Waals surface area contributed by atoms with E-state index >= 15 is 0 Å². The molecule has 0 bridgehead atoms. The first-order valence-corrected chi connectivity index (χ1v) is 9.87. The Hall–Kier alpha value is -4.10. The highest BCUT2D eigenvalue weighted by molar-refractivity contribution is 6.10. The molecule has 194 valence electrons. The lowest BCUT2D eigenvalue weighted by Crippen LogP contribution is -2.31. The number of carbonyl (C=O) groups is 2. The minimum Gasteiger partial charge on any atom is -0.409 e. The van der Waals surface area contributed by atoms with E-state index in [-0.39, 0.29) is 17.8 Å². The first-order chi connectivity index (χ1) is 16.7. The van der Waals surface area contributed by atoms with Crippen LogP contribution in [0.3, 0.4) is 0 Å². The van der Waals surface area contributed by atoms with Crippen molar-refractivity contribution >= 4 is 29.5 Å². The van der Waals surface area contributed by atoms with Crippen LogP contribution in [-0.2, 0) is 17.1 Å². The molecule has 0 saturated heterocycles. The van der Waals surface area contributed by atoms with Crippen molar-refractivity contribution in [3.8, 4) is 5.75 Å². The summed E-state index contributed by atoms with van der Waals surface area (Å²) >= 11 is 0. The topological polar surface area (TPSA) is 94.5 Å². The highest BCUT2D eigenvalue weighted by Gasteiger charge is 2.41. The second-order valence-electron chi connectivity index (χ2n) is 7.10. The Balaban J connectivity index is 2.68. The number of benzene rings is 2. The lowest BCUT2D eigenvalue weighted by atomic mass is 9.98. The van der Waals surface area contributed by atoms with Crippen LogP contribution < -0.4 is 20.3 Å². The van der Waals surface area contributed by atoms with Crippen molar-refractivity contribution in [1.82, 2.24) is 10.6 Å². The Bertz CT molecular complexity index is 1160. The van der Waals surface area contributed by atoms with Gasteiger partial charge in [-0.1, -0.05) is 0 Å². The Morgan fingerprint density at radius 3 is 2.17 bits per heavy atom. The molecule has 0 fully saturated rings. The van der Waals surface area contributed by atoms with E-state index in [1.807, 2.05) is 0 Å². The summed E-state index contributed by atoms with van der Waals surface area (Å²) in [5.41, 5.74) is -5.07. The molecule has 0 aliphatic rings. The molecule has 2 aromatic rings. The summed E-state index contributed by atoms with van der Waals surface area (Å²) in [6, 6.07) is 4.26. The fraction of sp³-hybridized carbons (Fsp3) is 0.227. The number of rotatable bonds is 7. The van der Waals surface area contributed by atoms with Gasteiger partial charge < -0.3 is 20.8 Å². The second-order valence-corrected chi connectivity index (χ2v) is 7.10. The van der Waals surface area contributed by atoms with E-state index in [4.69, 9.17) is 10.1 Å². The summed E-state index contributed by atoms with van der Waals surface area (Å²) < 4.78 is 99.8. The Labute approximate surface area is 200 Å². The summed E-state index contributed by atoms with van der Waals surface area (Å²) in [7, 11) is 2.38. The maximum atomic E-state index is 13.8. The monoisotopic (exact) mass is 520 g/mol. The number of alkyl halides is 6. The van der Waals surface area contributed by atoms with Gasteiger partial charge in [-0.25, -0.2) is 9.18 Å². The van der Waals surface area contributed by atoms with Crippen molar-refractivity contribution in [2.45, 2.75) is 12.4 Å². The summed E-state index contributed by atoms with van der Waals surface area (Å²) in [6.45, 7) is -0.415. The van der Waals surface area contributed by atoms with Crippen molar-refractivity contribution in [2.24, 2.45) is 0 Å². The molecular formula is C22H19F7N4O3. The molecule has 0 atom stereocenters. The highest BCUT2D eigenvalue weighted by Crippen LogP contribution is 2.44. The molecule has 0 aromatic heterocycles. The first-order valence-electron chi connectivity index (χ1n) is 9.87. The summed E-state index contributed by atoms with van der Waals surface area (Å²) in [5.74, 6) is -2.52. The van der Waals surface area contributed by atoms with Crippen LogP contribution in [0.5, 0.6) is 5.75 Å². The third-order valence-corrected chi connectivity index (χ3v) is 4.66. The average Bonchev–Trinajstić information content (AvgIpc) is 2.80. The zero-order valence-corrected chi connectivity index (χ0v) is 18.6. The SMILES string of the molecule is CNC(=O)CN/C=C(\C=N)c1cc(C(F)(F)F)cc(C(F)(F)F)c1OC(=O)N(C)c1ccc(F)cc1. The standard InChI is InChI=1S/C22H19F7N4O3/c1-31-18(34)11-32-10-12(9-30)16-7-13(21(24,25)26)8-17(22(27,28)29)19(16)36-20(35)33(2)15-5-3-14(23)4-6-15/h3-10,30,32H,11H2,1-2H3,(H,31,34)/b12-10+,30-9?. The van der Waals surface area contributed by atoms with Crippen molar-refractivity contribution < 1.29 is 45.1 Å². The number of nitrogens with zero attached hydrogens (tertiary/aromatic N) is 1. The number of hydrogen-bond acceptors (Lipinski definition) is 5. The van der Waals surface area contributed by atoms with E-state index in [2.05, 4.69) is 10.6 Å². The van der Waals surface area contributed by atoms with Crippen LogP contribution in [0, 0.1) is 11.2 Å². The van der Waals surface area contributed by atoms with Gasteiger partial charge in [-0.05, 0) is 36.4 Å².